The highest BCUT2D eigenvalue weighted by atomic mass is 16.4. The molecule has 1 aromatic rings. The number of aliphatic hydroxyl groups is 1. The van der Waals surface area contributed by atoms with Crippen molar-refractivity contribution in [3.63, 3.8) is 0 Å². The Morgan fingerprint density at radius 1 is 1.33 bits per heavy atom. The number of carboxylic acids is 1. The van der Waals surface area contributed by atoms with Crippen molar-refractivity contribution in [3.8, 4) is 0 Å². The molecule has 18 heavy (non-hydrogen) atoms. The van der Waals surface area contributed by atoms with Crippen molar-refractivity contribution >= 4 is 12.3 Å². The van der Waals surface area contributed by atoms with Gasteiger partial charge in [0.05, 0.1) is 11.5 Å². The third-order valence-electron chi connectivity index (χ3n) is 3.72. The minimum atomic E-state index is -0.995. The van der Waals surface area contributed by atoms with Gasteiger partial charge in [-0.25, -0.2) is 0 Å². The quantitative estimate of drug-likeness (QED) is 0.802. The van der Waals surface area contributed by atoms with Crippen molar-refractivity contribution in [2.75, 3.05) is 0 Å². The predicted octanol–water partition coefficient (Wildman–Crippen LogP) is 1.96. The Morgan fingerprint density at radius 2 is 2.00 bits per heavy atom. The summed E-state index contributed by atoms with van der Waals surface area (Å²) in [5.74, 6) is -1.15. The van der Waals surface area contributed by atoms with Gasteiger partial charge in [-0.15, -0.1) is 0 Å². The number of aliphatic carboxylic acids is 1. The highest BCUT2D eigenvalue weighted by Gasteiger charge is 2.37. The Bertz CT molecular complexity index is 459. The summed E-state index contributed by atoms with van der Waals surface area (Å²) in [6.45, 7) is 0. The third kappa shape index (κ3) is 2.43. The van der Waals surface area contributed by atoms with E-state index in [1.165, 1.54) is 0 Å². The zero-order valence-electron chi connectivity index (χ0n) is 10.0. The zero-order chi connectivity index (χ0) is 13.2. The van der Waals surface area contributed by atoms with Gasteiger partial charge in [0.1, 0.15) is 6.29 Å². The molecule has 0 heterocycles. The molecular weight excluding hydrogens is 232 g/mol. The lowest BCUT2D eigenvalue weighted by atomic mass is 9.75. The number of aldehydes is 1. The number of carboxylic acid groups (broad SMARTS) is 1. The van der Waals surface area contributed by atoms with E-state index in [0.29, 0.717) is 36.8 Å². The number of hydrogen-bond acceptors (Lipinski definition) is 3. The summed E-state index contributed by atoms with van der Waals surface area (Å²) in [4.78, 5) is 21.6. The lowest BCUT2D eigenvalue weighted by Crippen LogP contribution is -2.33. The van der Waals surface area contributed by atoms with Crippen LogP contribution >= 0.6 is 0 Å². The van der Waals surface area contributed by atoms with E-state index in [4.69, 9.17) is 5.11 Å². The second-order valence-corrected chi connectivity index (χ2v) is 4.89. The summed E-state index contributed by atoms with van der Waals surface area (Å²) < 4.78 is 0. The average molecular weight is 248 g/mol. The van der Waals surface area contributed by atoms with E-state index in [2.05, 4.69) is 0 Å². The molecule has 1 fully saturated rings. The summed E-state index contributed by atoms with van der Waals surface area (Å²) in [7, 11) is 0. The number of rotatable bonds is 3. The molecule has 4 heteroatoms. The standard InChI is InChI=1S/C14H16O4/c15-9-10-2-1-3-12(8-10)14(18)6-4-11(5-7-14)13(16)17/h1-3,8-9,11,18H,4-7H2,(H,16,17). The highest BCUT2D eigenvalue weighted by Crippen LogP contribution is 2.39. The summed E-state index contributed by atoms with van der Waals surface area (Å²) in [6.07, 6.45) is 2.53. The molecule has 1 aromatic carbocycles. The van der Waals surface area contributed by atoms with Crippen LogP contribution in [-0.4, -0.2) is 22.5 Å². The molecule has 1 aliphatic rings. The van der Waals surface area contributed by atoms with Gasteiger partial charge in [0.2, 0.25) is 0 Å². The van der Waals surface area contributed by atoms with Crippen LogP contribution < -0.4 is 0 Å². The number of hydrogen-bond donors (Lipinski definition) is 2. The predicted molar refractivity (Wildman–Crippen MR) is 65.3 cm³/mol. The largest absolute Gasteiger partial charge is 0.481 e. The molecule has 0 atom stereocenters. The maximum atomic E-state index is 10.9. The second kappa shape index (κ2) is 4.90. The Morgan fingerprint density at radius 3 is 2.56 bits per heavy atom. The average Bonchev–Trinajstić information content (AvgIpc) is 2.39. The van der Waals surface area contributed by atoms with E-state index in [9.17, 15) is 14.7 Å². The van der Waals surface area contributed by atoms with E-state index in [1.54, 1.807) is 24.3 Å². The van der Waals surface area contributed by atoms with Crippen molar-refractivity contribution < 1.29 is 19.8 Å². The van der Waals surface area contributed by atoms with E-state index < -0.39 is 11.6 Å². The monoisotopic (exact) mass is 248 g/mol. The van der Waals surface area contributed by atoms with Crippen molar-refractivity contribution in [1.29, 1.82) is 0 Å². The second-order valence-electron chi connectivity index (χ2n) is 4.89. The third-order valence-corrected chi connectivity index (χ3v) is 3.72. The first kappa shape index (κ1) is 12.8. The molecule has 0 spiro atoms. The molecule has 0 aliphatic heterocycles. The fraction of sp³-hybridized carbons (Fsp3) is 0.429. The molecule has 0 unspecified atom stereocenters. The molecule has 96 valence electrons. The van der Waals surface area contributed by atoms with E-state index in [0.717, 1.165) is 6.29 Å². The molecule has 0 radical (unpaired) electrons. The molecule has 2 rings (SSSR count). The van der Waals surface area contributed by atoms with Gasteiger partial charge in [0.15, 0.2) is 0 Å². The number of benzene rings is 1. The van der Waals surface area contributed by atoms with Crippen molar-refractivity contribution in [2.24, 2.45) is 5.92 Å². The van der Waals surface area contributed by atoms with Crippen LogP contribution in [0.2, 0.25) is 0 Å². The van der Waals surface area contributed by atoms with Gasteiger partial charge in [-0.1, -0.05) is 18.2 Å². The van der Waals surface area contributed by atoms with Crippen molar-refractivity contribution in [2.45, 2.75) is 31.3 Å². The fourth-order valence-electron chi connectivity index (χ4n) is 2.53. The molecule has 0 aromatic heterocycles. The maximum absolute atomic E-state index is 10.9. The first-order chi connectivity index (χ1) is 8.55. The van der Waals surface area contributed by atoms with Gasteiger partial charge in [-0.05, 0) is 37.3 Å². The lowest BCUT2D eigenvalue weighted by Gasteiger charge is -2.35. The minimum Gasteiger partial charge on any atom is -0.481 e. The molecule has 1 aliphatic carbocycles. The first-order valence-corrected chi connectivity index (χ1v) is 6.06. The fourth-order valence-corrected chi connectivity index (χ4v) is 2.53. The van der Waals surface area contributed by atoms with Gasteiger partial charge in [-0.3, -0.25) is 9.59 Å². The SMILES string of the molecule is O=Cc1cccc(C2(O)CCC(C(=O)O)CC2)c1. The molecular formula is C14H16O4. The normalized spacial score (nSPS) is 27.7. The lowest BCUT2D eigenvalue weighted by molar-refractivity contribution is -0.145. The molecule has 0 bridgehead atoms. The Kier molecular flexibility index (Phi) is 3.48. The van der Waals surface area contributed by atoms with E-state index in [-0.39, 0.29) is 5.92 Å². The van der Waals surface area contributed by atoms with Crippen LogP contribution in [0.4, 0.5) is 0 Å². The van der Waals surface area contributed by atoms with Gasteiger partial charge in [0, 0.05) is 5.56 Å². The van der Waals surface area contributed by atoms with Crippen LogP contribution in [0.5, 0.6) is 0 Å². The zero-order valence-corrected chi connectivity index (χ0v) is 10.0. The van der Waals surface area contributed by atoms with Crippen molar-refractivity contribution in [1.82, 2.24) is 0 Å². The summed E-state index contributed by atoms with van der Waals surface area (Å²) in [6, 6.07) is 6.88. The first-order valence-electron chi connectivity index (χ1n) is 6.06. The van der Waals surface area contributed by atoms with Gasteiger partial charge in [0.25, 0.3) is 0 Å². The Balaban J connectivity index is 2.17. The smallest absolute Gasteiger partial charge is 0.306 e. The molecule has 0 saturated heterocycles. The van der Waals surface area contributed by atoms with Crippen LogP contribution in [0.3, 0.4) is 0 Å². The topological polar surface area (TPSA) is 74.6 Å². The van der Waals surface area contributed by atoms with Gasteiger partial charge in [-0.2, -0.15) is 0 Å². The number of carbonyl (C=O) groups excluding carboxylic acids is 1. The summed E-state index contributed by atoms with van der Waals surface area (Å²) in [5.41, 5.74) is 0.238. The van der Waals surface area contributed by atoms with Crippen LogP contribution in [-0.2, 0) is 10.4 Å². The maximum Gasteiger partial charge on any atom is 0.306 e. The Hall–Kier alpha value is -1.68. The van der Waals surface area contributed by atoms with Crippen LogP contribution in [0, 0.1) is 5.92 Å². The van der Waals surface area contributed by atoms with Gasteiger partial charge < -0.3 is 10.2 Å². The van der Waals surface area contributed by atoms with Crippen LogP contribution in [0.15, 0.2) is 24.3 Å². The Labute approximate surface area is 105 Å². The van der Waals surface area contributed by atoms with E-state index in [1.807, 2.05) is 0 Å². The van der Waals surface area contributed by atoms with Gasteiger partial charge >= 0.3 is 5.97 Å². The summed E-state index contributed by atoms with van der Waals surface area (Å²) in [5, 5.41) is 19.5. The minimum absolute atomic E-state index is 0.362. The van der Waals surface area contributed by atoms with Crippen LogP contribution in [0.1, 0.15) is 41.6 Å². The molecule has 4 nitrogen and oxygen atoms in total. The highest BCUT2D eigenvalue weighted by molar-refractivity contribution is 5.75. The molecule has 0 amide bonds. The van der Waals surface area contributed by atoms with Crippen LogP contribution in [0.25, 0.3) is 0 Å². The van der Waals surface area contributed by atoms with Crippen molar-refractivity contribution in [3.05, 3.63) is 35.4 Å². The van der Waals surface area contributed by atoms with E-state index >= 15 is 0 Å². The summed E-state index contributed by atoms with van der Waals surface area (Å²) >= 11 is 0. The molecule has 2 N–H and O–H groups in total. The molecule has 1 saturated carbocycles. The number of carbonyl (C=O) groups is 2.